The summed E-state index contributed by atoms with van der Waals surface area (Å²) in [7, 11) is 0. The Bertz CT molecular complexity index is 796. The van der Waals surface area contributed by atoms with Crippen LogP contribution in [0.25, 0.3) is 11.0 Å². The van der Waals surface area contributed by atoms with Crippen LogP contribution in [0, 0.1) is 17.8 Å². The highest BCUT2D eigenvalue weighted by Gasteiger charge is 2.38. The Labute approximate surface area is 129 Å². The minimum absolute atomic E-state index is 0.0137. The molecule has 3 heterocycles. The first-order valence-electron chi connectivity index (χ1n) is 7.72. The maximum absolute atomic E-state index is 12.5. The van der Waals surface area contributed by atoms with Gasteiger partial charge in [-0.1, -0.05) is 5.92 Å². The van der Waals surface area contributed by atoms with Crippen LogP contribution in [0.2, 0.25) is 0 Å². The normalized spacial score (nSPS) is 26.0. The Morgan fingerprint density at radius 3 is 3.05 bits per heavy atom. The van der Waals surface area contributed by atoms with Crippen LogP contribution in [0.3, 0.4) is 0 Å². The van der Waals surface area contributed by atoms with Crippen molar-refractivity contribution in [3.05, 3.63) is 35.6 Å². The molecule has 1 N–H and O–H groups in total. The van der Waals surface area contributed by atoms with E-state index in [1.807, 2.05) is 12.1 Å². The second-order valence-electron chi connectivity index (χ2n) is 6.12. The van der Waals surface area contributed by atoms with Crippen LogP contribution in [-0.4, -0.2) is 36.5 Å². The van der Waals surface area contributed by atoms with Crippen molar-refractivity contribution in [3.63, 3.8) is 0 Å². The smallest absolute Gasteiger partial charge is 0.251 e. The molecule has 2 aliphatic heterocycles. The molecule has 2 saturated heterocycles. The van der Waals surface area contributed by atoms with Crippen molar-refractivity contribution in [2.75, 3.05) is 19.6 Å². The average molecular weight is 294 g/mol. The lowest BCUT2D eigenvalue weighted by Crippen LogP contribution is -2.43. The maximum Gasteiger partial charge on any atom is 0.251 e. The first-order valence-corrected chi connectivity index (χ1v) is 7.72. The highest BCUT2D eigenvalue weighted by molar-refractivity contribution is 5.98. The summed E-state index contributed by atoms with van der Waals surface area (Å²) in [6, 6.07) is 5.85. The number of furan rings is 1. The first-order chi connectivity index (χ1) is 10.7. The molecule has 0 spiro atoms. The van der Waals surface area contributed by atoms with Gasteiger partial charge >= 0.3 is 0 Å². The van der Waals surface area contributed by atoms with Gasteiger partial charge in [-0.3, -0.25) is 4.79 Å². The van der Waals surface area contributed by atoms with Crippen molar-refractivity contribution >= 4 is 16.9 Å². The molecule has 0 aliphatic carbocycles. The number of benzene rings is 1. The maximum atomic E-state index is 12.5. The highest BCUT2D eigenvalue weighted by Crippen LogP contribution is 2.28. The van der Waals surface area contributed by atoms with Gasteiger partial charge in [0.2, 0.25) is 0 Å². The minimum atomic E-state index is -0.0137. The molecule has 2 aliphatic rings. The largest absolute Gasteiger partial charge is 0.463 e. The van der Waals surface area contributed by atoms with Crippen molar-refractivity contribution in [3.8, 4) is 11.8 Å². The predicted molar refractivity (Wildman–Crippen MR) is 84.6 cm³/mol. The number of hydrogen-bond acceptors (Lipinski definition) is 3. The van der Waals surface area contributed by atoms with Gasteiger partial charge < -0.3 is 14.6 Å². The molecular weight excluding hydrogens is 276 g/mol. The Hall–Kier alpha value is -2.25. The Kier molecular flexibility index (Phi) is 3.16. The molecule has 3 atom stereocenters. The summed E-state index contributed by atoms with van der Waals surface area (Å²) in [5.41, 5.74) is 2.23. The molecule has 0 saturated carbocycles. The van der Waals surface area contributed by atoms with Gasteiger partial charge in [0.25, 0.3) is 5.91 Å². The lowest BCUT2D eigenvalue weighted by atomic mass is 9.99. The monoisotopic (exact) mass is 294 g/mol. The van der Waals surface area contributed by atoms with E-state index in [1.165, 1.54) is 13.0 Å². The zero-order valence-corrected chi connectivity index (χ0v) is 12.6. The highest BCUT2D eigenvalue weighted by atomic mass is 16.3. The van der Waals surface area contributed by atoms with Crippen molar-refractivity contribution in [2.45, 2.75) is 19.4 Å². The molecule has 112 valence electrons. The van der Waals surface area contributed by atoms with Gasteiger partial charge in [0.05, 0.1) is 5.56 Å². The zero-order valence-electron chi connectivity index (χ0n) is 12.6. The third-order valence-electron chi connectivity index (χ3n) is 4.75. The second kappa shape index (κ2) is 5.19. The number of rotatable bonds is 2. The topological polar surface area (TPSA) is 45.5 Å². The van der Waals surface area contributed by atoms with E-state index < -0.39 is 0 Å². The summed E-state index contributed by atoms with van der Waals surface area (Å²) < 4.78 is 5.52. The van der Waals surface area contributed by atoms with Gasteiger partial charge in [-0.15, -0.1) is 5.92 Å². The van der Waals surface area contributed by atoms with E-state index in [2.05, 4.69) is 22.1 Å². The molecule has 1 amide bonds. The predicted octanol–water partition coefficient (Wildman–Crippen LogP) is 2.24. The Balaban J connectivity index is 1.55. The van der Waals surface area contributed by atoms with Gasteiger partial charge in [-0.2, -0.15) is 0 Å². The fraction of sp³-hybridized carbons (Fsp3) is 0.389. The van der Waals surface area contributed by atoms with E-state index in [0.717, 1.165) is 24.0 Å². The number of nitrogens with one attached hydrogen (secondary N) is 1. The quantitative estimate of drug-likeness (QED) is 0.864. The van der Waals surface area contributed by atoms with Crippen LogP contribution in [0.1, 0.15) is 29.3 Å². The number of fused-ring (bicyclic) bond motifs is 3. The SMILES string of the molecule is CC#Cc1coc2cc(C(=O)NC3CN4CC[C@H]3C4)ccc12. The molecule has 2 bridgehead atoms. The molecule has 1 aromatic carbocycles. The molecule has 2 unspecified atom stereocenters. The molecule has 4 rings (SSSR count). The molecule has 4 heteroatoms. The molecule has 2 aromatic rings. The van der Waals surface area contributed by atoms with Crippen molar-refractivity contribution in [2.24, 2.45) is 5.92 Å². The summed E-state index contributed by atoms with van der Waals surface area (Å²) in [5.74, 6) is 6.48. The van der Waals surface area contributed by atoms with Crippen molar-refractivity contribution in [1.82, 2.24) is 10.2 Å². The van der Waals surface area contributed by atoms with E-state index in [9.17, 15) is 4.79 Å². The Morgan fingerprint density at radius 1 is 1.41 bits per heavy atom. The lowest BCUT2D eigenvalue weighted by Gasteiger charge is -2.23. The van der Waals surface area contributed by atoms with Gasteiger partial charge in [0.15, 0.2) is 0 Å². The van der Waals surface area contributed by atoms with Gasteiger partial charge in [0.1, 0.15) is 11.8 Å². The van der Waals surface area contributed by atoms with E-state index in [1.54, 1.807) is 19.3 Å². The minimum Gasteiger partial charge on any atom is -0.463 e. The van der Waals surface area contributed by atoms with E-state index >= 15 is 0 Å². The van der Waals surface area contributed by atoms with E-state index in [-0.39, 0.29) is 11.9 Å². The van der Waals surface area contributed by atoms with Crippen molar-refractivity contribution in [1.29, 1.82) is 0 Å². The Morgan fingerprint density at radius 2 is 2.32 bits per heavy atom. The van der Waals surface area contributed by atoms with Crippen LogP contribution in [0.15, 0.2) is 28.9 Å². The molecular formula is C18H18N2O2. The van der Waals surface area contributed by atoms with Crippen LogP contribution in [-0.2, 0) is 0 Å². The van der Waals surface area contributed by atoms with Gasteiger partial charge in [-0.25, -0.2) is 0 Å². The molecule has 1 aromatic heterocycles. The molecule has 2 fully saturated rings. The fourth-order valence-corrected chi connectivity index (χ4v) is 3.60. The summed E-state index contributed by atoms with van der Waals surface area (Å²) >= 11 is 0. The summed E-state index contributed by atoms with van der Waals surface area (Å²) in [6.45, 7) is 5.08. The van der Waals surface area contributed by atoms with Crippen LogP contribution >= 0.6 is 0 Å². The van der Waals surface area contributed by atoms with Crippen LogP contribution in [0.5, 0.6) is 0 Å². The number of hydrogen-bond donors (Lipinski definition) is 1. The molecule has 22 heavy (non-hydrogen) atoms. The standard InChI is InChI=1S/C18H18N2O2/c1-2-3-14-11-22-17-8-12(4-5-15(14)17)18(21)19-16-10-20-7-6-13(16)9-20/h4-5,8,11,13,16H,6-7,9-10H2,1H3,(H,19,21)/t13-,16?/m0/s1. The first kappa shape index (κ1) is 13.4. The summed E-state index contributed by atoms with van der Waals surface area (Å²) in [5, 5.41) is 4.13. The van der Waals surface area contributed by atoms with Crippen LogP contribution < -0.4 is 5.32 Å². The average Bonchev–Trinajstić information content (AvgIpc) is 3.23. The number of nitrogens with zero attached hydrogens (tertiary/aromatic N) is 1. The van der Waals surface area contributed by atoms with Crippen molar-refractivity contribution < 1.29 is 9.21 Å². The number of carbonyl (C=O) groups excluding carboxylic acids is 1. The second-order valence-corrected chi connectivity index (χ2v) is 6.12. The summed E-state index contributed by atoms with van der Waals surface area (Å²) in [6.07, 6.45) is 2.84. The molecule has 4 nitrogen and oxygen atoms in total. The third kappa shape index (κ3) is 2.18. The third-order valence-corrected chi connectivity index (χ3v) is 4.75. The van der Waals surface area contributed by atoms with E-state index in [0.29, 0.717) is 17.1 Å². The number of piperidine rings is 1. The molecule has 0 radical (unpaired) electrons. The van der Waals surface area contributed by atoms with Gasteiger partial charge in [-0.05, 0) is 44.0 Å². The fourth-order valence-electron chi connectivity index (χ4n) is 3.60. The lowest BCUT2D eigenvalue weighted by molar-refractivity contribution is 0.0924. The van der Waals surface area contributed by atoms with Gasteiger partial charge in [0, 0.05) is 30.1 Å². The van der Waals surface area contributed by atoms with Crippen LogP contribution in [0.4, 0.5) is 0 Å². The number of carbonyl (C=O) groups is 1. The van der Waals surface area contributed by atoms with E-state index in [4.69, 9.17) is 4.42 Å². The number of amides is 1. The zero-order chi connectivity index (χ0) is 15.1. The summed E-state index contributed by atoms with van der Waals surface area (Å²) in [4.78, 5) is 14.9.